The van der Waals surface area contributed by atoms with Crippen molar-refractivity contribution in [1.82, 2.24) is 15.5 Å². The van der Waals surface area contributed by atoms with Crippen molar-refractivity contribution in [2.75, 3.05) is 18.1 Å². The summed E-state index contributed by atoms with van der Waals surface area (Å²) in [6.07, 6.45) is 0.598. The minimum Gasteiger partial charge on any atom is -0.338 e. The van der Waals surface area contributed by atoms with Crippen LogP contribution >= 0.6 is 0 Å². The molecule has 0 aliphatic carbocycles. The minimum absolute atomic E-state index is 0.0994. The van der Waals surface area contributed by atoms with E-state index in [1.807, 2.05) is 0 Å². The Morgan fingerprint density at radius 1 is 1.50 bits per heavy atom. The maximum atomic E-state index is 11.4. The van der Waals surface area contributed by atoms with Gasteiger partial charge in [0.1, 0.15) is 0 Å². The zero-order valence-electron chi connectivity index (χ0n) is 10.7. The average molecular weight is 273 g/mol. The smallest absolute Gasteiger partial charge is 0.240 e. The Bertz CT molecular complexity index is 495. The van der Waals surface area contributed by atoms with Crippen LogP contribution < -0.4 is 5.32 Å². The molecule has 0 spiro atoms. The molecule has 0 saturated carbocycles. The Kier molecular flexibility index (Phi) is 4.01. The van der Waals surface area contributed by atoms with Crippen LogP contribution in [0.3, 0.4) is 0 Å². The van der Waals surface area contributed by atoms with E-state index in [9.17, 15) is 8.42 Å². The highest BCUT2D eigenvalue weighted by Gasteiger charge is 2.32. The first-order chi connectivity index (χ1) is 8.46. The Morgan fingerprint density at radius 3 is 2.89 bits per heavy atom. The largest absolute Gasteiger partial charge is 0.338 e. The summed E-state index contributed by atoms with van der Waals surface area (Å²) in [5.74, 6) is 1.88. The number of nitrogens with zero attached hydrogens (tertiary/aromatic N) is 2. The lowest BCUT2D eigenvalue weighted by molar-refractivity contribution is 0.357. The molecule has 1 unspecified atom stereocenters. The molecule has 1 aliphatic heterocycles. The summed E-state index contributed by atoms with van der Waals surface area (Å²) < 4.78 is 27.8. The first-order valence-electron chi connectivity index (χ1n) is 6.20. The lowest BCUT2D eigenvalue weighted by Crippen LogP contribution is -2.19. The average Bonchev–Trinajstić information content (AvgIpc) is 2.84. The topological polar surface area (TPSA) is 85.1 Å². The van der Waals surface area contributed by atoms with Gasteiger partial charge >= 0.3 is 0 Å². The number of sulfone groups is 1. The second-order valence-corrected chi connectivity index (χ2v) is 7.40. The van der Waals surface area contributed by atoms with Crippen LogP contribution in [0.15, 0.2) is 4.52 Å². The van der Waals surface area contributed by atoms with Crippen LogP contribution in [-0.4, -0.2) is 36.6 Å². The van der Waals surface area contributed by atoms with Gasteiger partial charge in [-0.25, -0.2) is 8.42 Å². The summed E-state index contributed by atoms with van der Waals surface area (Å²) in [6.45, 7) is 5.66. The van der Waals surface area contributed by atoms with Gasteiger partial charge in [-0.1, -0.05) is 19.0 Å². The Labute approximate surface area is 107 Å². The van der Waals surface area contributed by atoms with Crippen LogP contribution in [0.25, 0.3) is 0 Å². The Balaban J connectivity index is 1.90. The highest BCUT2D eigenvalue weighted by Crippen LogP contribution is 2.26. The minimum atomic E-state index is -2.90. The van der Waals surface area contributed by atoms with E-state index >= 15 is 0 Å². The van der Waals surface area contributed by atoms with Crippen molar-refractivity contribution < 1.29 is 12.9 Å². The third kappa shape index (κ3) is 3.52. The van der Waals surface area contributed by atoms with E-state index in [1.54, 1.807) is 0 Å². The molecule has 1 atom stereocenters. The van der Waals surface area contributed by atoms with Crippen molar-refractivity contribution in [2.45, 2.75) is 32.7 Å². The molecule has 7 heteroatoms. The molecule has 18 heavy (non-hydrogen) atoms. The fourth-order valence-electron chi connectivity index (χ4n) is 1.97. The fourth-order valence-corrected chi connectivity index (χ4v) is 3.71. The van der Waals surface area contributed by atoms with Gasteiger partial charge < -0.3 is 9.84 Å². The summed E-state index contributed by atoms with van der Waals surface area (Å²) in [4.78, 5) is 4.25. The summed E-state index contributed by atoms with van der Waals surface area (Å²) in [5, 5.41) is 7.08. The molecule has 0 bridgehead atoms. The number of hydrogen-bond acceptors (Lipinski definition) is 6. The summed E-state index contributed by atoms with van der Waals surface area (Å²) in [6, 6.07) is 0. The number of nitrogens with one attached hydrogen (secondary N) is 1. The monoisotopic (exact) mass is 273 g/mol. The third-order valence-electron chi connectivity index (χ3n) is 2.91. The third-order valence-corrected chi connectivity index (χ3v) is 4.68. The lowest BCUT2D eigenvalue weighted by atomic mass is 10.1. The summed E-state index contributed by atoms with van der Waals surface area (Å²) >= 11 is 0. The van der Waals surface area contributed by atoms with Gasteiger partial charge in [-0.15, -0.1) is 0 Å². The maximum Gasteiger partial charge on any atom is 0.240 e. The molecule has 6 nitrogen and oxygen atoms in total. The van der Waals surface area contributed by atoms with Crippen molar-refractivity contribution in [3.05, 3.63) is 11.7 Å². The van der Waals surface area contributed by atoms with Gasteiger partial charge in [0, 0.05) is 5.92 Å². The van der Waals surface area contributed by atoms with Gasteiger partial charge in [0.25, 0.3) is 0 Å². The second kappa shape index (κ2) is 5.36. The predicted octanol–water partition coefficient (Wildman–Crippen LogP) is 0.717. The molecule has 1 fully saturated rings. The first-order valence-corrected chi connectivity index (χ1v) is 8.02. The maximum absolute atomic E-state index is 11.4. The van der Waals surface area contributed by atoms with Gasteiger partial charge in [-0.2, -0.15) is 4.98 Å². The van der Waals surface area contributed by atoms with Gasteiger partial charge in [0.05, 0.1) is 18.1 Å². The molecule has 1 aliphatic rings. The van der Waals surface area contributed by atoms with Crippen LogP contribution in [0.1, 0.15) is 37.9 Å². The van der Waals surface area contributed by atoms with Crippen molar-refractivity contribution in [1.29, 1.82) is 0 Å². The predicted molar refractivity (Wildman–Crippen MR) is 66.9 cm³/mol. The standard InChI is InChI=1S/C11H19N3O3S/c1-8(2)5-12-6-10-13-11(14-17-10)9-3-4-18(15,16)7-9/h8-9,12H,3-7H2,1-2H3. The molecule has 1 N–H and O–H groups in total. The van der Waals surface area contributed by atoms with Crippen molar-refractivity contribution in [3.8, 4) is 0 Å². The second-order valence-electron chi connectivity index (χ2n) is 5.17. The zero-order chi connectivity index (χ0) is 13.2. The highest BCUT2D eigenvalue weighted by molar-refractivity contribution is 7.91. The van der Waals surface area contributed by atoms with Gasteiger partial charge in [0.2, 0.25) is 5.89 Å². The molecular formula is C11H19N3O3S. The van der Waals surface area contributed by atoms with Gasteiger partial charge in [-0.05, 0) is 18.9 Å². The first kappa shape index (κ1) is 13.5. The molecule has 2 heterocycles. The SMILES string of the molecule is CC(C)CNCc1nc(C2CCS(=O)(=O)C2)no1. The summed E-state index contributed by atoms with van der Waals surface area (Å²) in [7, 11) is -2.90. The van der Waals surface area contributed by atoms with E-state index in [2.05, 4.69) is 29.3 Å². The number of rotatable bonds is 5. The fraction of sp³-hybridized carbons (Fsp3) is 0.818. The van der Waals surface area contributed by atoms with Crippen LogP contribution in [0.4, 0.5) is 0 Å². The quantitative estimate of drug-likeness (QED) is 0.850. The molecule has 1 saturated heterocycles. The zero-order valence-corrected chi connectivity index (χ0v) is 11.5. The van der Waals surface area contributed by atoms with E-state index in [0.29, 0.717) is 30.6 Å². The van der Waals surface area contributed by atoms with Crippen LogP contribution in [0, 0.1) is 5.92 Å². The van der Waals surface area contributed by atoms with Crippen LogP contribution in [0.2, 0.25) is 0 Å². The van der Waals surface area contributed by atoms with Crippen molar-refractivity contribution in [2.24, 2.45) is 5.92 Å². The van der Waals surface area contributed by atoms with E-state index in [0.717, 1.165) is 6.54 Å². The van der Waals surface area contributed by atoms with Gasteiger partial charge in [-0.3, -0.25) is 0 Å². The molecule has 102 valence electrons. The van der Waals surface area contributed by atoms with Crippen LogP contribution in [-0.2, 0) is 16.4 Å². The Hall–Kier alpha value is -0.950. The Morgan fingerprint density at radius 2 is 2.28 bits per heavy atom. The van der Waals surface area contributed by atoms with E-state index < -0.39 is 9.84 Å². The van der Waals surface area contributed by atoms with E-state index in [1.165, 1.54) is 0 Å². The molecular weight excluding hydrogens is 254 g/mol. The molecule has 0 aromatic carbocycles. The molecule has 1 aromatic rings. The molecule has 1 aromatic heterocycles. The molecule has 2 rings (SSSR count). The number of aromatic nitrogens is 2. The van der Waals surface area contributed by atoms with Gasteiger partial charge in [0.15, 0.2) is 15.7 Å². The molecule has 0 amide bonds. The van der Waals surface area contributed by atoms with Crippen molar-refractivity contribution >= 4 is 9.84 Å². The summed E-state index contributed by atoms with van der Waals surface area (Å²) in [5.41, 5.74) is 0. The highest BCUT2D eigenvalue weighted by atomic mass is 32.2. The normalized spacial score (nSPS) is 22.7. The number of hydrogen-bond donors (Lipinski definition) is 1. The van der Waals surface area contributed by atoms with Crippen LogP contribution in [0.5, 0.6) is 0 Å². The van der Waals surface area contributed by atoms with E-state index in [-0.39, 0.29) is 17.4 Å². The van der Waals surface area contributed by atoms with Crippen molar-refractivity contribution in [3.63, 3.8) is 0 Å². The van der Waals surface area contributed by atoms with E-state index in [4.69, 9.17) is 4.52 Å². The lowest BCUT2D eigenvalue weighted by Gasteiger charge is -2.03. The molecule has 0 radical (unpaired) electrons.